The molecule has 4 rings (SSSR count). The van der Waals surface area contributed by atoms with Crippen molar-refractivity contribution in [1.82, 2.24) is 0 Å². The molecule has 0 aliphatic heterocycles. The zero-order chi connectivity index (χ0) is 22.8. The van der Waals surface area contributed by atoms with Crippen molar-refractivity contribution < 1.29 is 36.9 Å². The maximum absolute atomic E-state index is 11.3. The largest absolute Gasteiger partial charge is 0.481 e. The minimum absolute atomic E-state index is 0. The fourth-order valence-electron chi connectivity index (χ4n) is 3.54. The van der Waals surface area contributed by atoms with E-state index in [1.165, 1.54) is 0 Å². The fourth-order valence-corrected chi connectivity index (χ4v) is 3.54. The van der Waals surface area contributed by atoms with E-state index in [1.54, 1.807) is 0 Å². The summed E-state index contributed by atoms with van der Waals surface area (Å²) in [4.78, 5) is 22.6. The molecule has 1 radical (unpaired) electrons. The molecule has 0 spiro atoms. The molecule has 0 aromatic heterocycles. The molecular weight excluding hydrogens is 464 g/mol. The molecule has 0 unspecified atom stereocenters. The Balaban J connectivity index is 0.000000227. The number of aliphatic carboxylic acids is 2. The molecule has 5 heteroatoms. The van der Waals surface area contributed by atoms with Gasteiger partial charge in [0.05, 0.1) is 0 Å². The quantitative estimate of drug-likeness (QED) is 0.337. The van der Waals surface area contributed by atoms with Crippen LogP contribution >= 0.6 is 0 Å². The van der Waals surface area contributed by atoms with Gasteiger partial charge in [0.2, 0.25) is 0 Å². The van der Waals surface area contributed by atoms with Gasteiger partial charge in [0.15, 0.2) is 0 Å². The van der Waals surface area contributed by atoms with E-state index < -0.39 is 23.8 Å². The predicted molar refractivity (Wildman–Crippen MR) is 125 cm³/mol. The number of rotatable bonds is 6. The first-order valence-electron chi connectivity index (χ1n) is 10.2. The Labute approximate surface area is 204 Å². The summed E-state index contributed by atoms with van der Waals surface area (Å²) >= 11 is 0. The van der Waals surface area contributed by atoms with Crippen LogP contribution in [0.3, 0.4) is 0 Å². The molecule has 171 valence electrons. The van der Waals surface area contributed by atoms with E-state index in [0.29, 0.717) is 0 Å². The smallest absolute Gasteiger partial charge is 0.315 e. The third kappa shape index (κ3) is 7.18. The van der Waals surface area contributed by atoms with Crippen molar-refractivity contribution in [2.24, 2.45) is 0 Å². The molecule has 4 aromatic rings. The van der Waals surface area contributed by atoms with E-state index in [-0.39, 0.29) is 17.1 Å². The summed E-state index contributed by atoms with van der Waals surface area (Å²) in [7, 11) is 0. The van der Waals surface area contributed by atoms with E-state index in [2.05, 4.69) is 0 Å². The summed E-state index contributed by atoms with van der Waals surface area (Å²) < 4.78 is 0. The zero-order valence-corrected chi connectivity index (χ0v) is 18.7. The molecule has 33 heavy (non-hydrogen) atoms. The van der Waals surface area contributed by atoms with Crippen molar-refractivity contribution in [3.8, 4) is 0 Å². The Morgan fingerprint density at radius 3 is 0.758 bits per heavy atom. The van der Waals surface area contributed by atoms with Crippen LogP contribution in [0.15, 0.2) is 121 Å². The van der Waals surface area contributed by atoms with Gasteiger partial charge in [0.25, 0.3) is 0 Å². The SMILES string of the molecule is O=C(O)C(c1ccccc1)c1ccccc1.O=C(O)C(c1ccccc1)c1ccccc1.[Cu]. The summed E-state index contributed by atoms with van der Waals surface area (Å²) in [6.07, 6.45) is 0. The molecule has 0 saturated heterocycles. The van der Waals surface area contributed by atoms with Crippen LogP contribution in [0.4, 0.5) is 0 Å². The van der Waals surface area contributed by atoms with Crippen molar-refractivity contribution in [3.63, 3.8) is 0 Å². The summed E-state index contributed by atoms with van der Waals surface area (Å²) in [6.45, 7) is 0. The molecule has 4 aromatic carbocycles. The van der Waals surface area contributed by atoms with Crippen molar-refractivity contribution in [1.29, 1.82) is 0 Å². The monoisotopic (exact) mass is 487 g/mol. The van der Waals surface area contributed by atoms with Crippen LogP contribution in [0.1, 0.15) is 34.1 Å². The first-order chi connectivity index (χ1) is 15.6. The van der Waals surface area contributed by atoms with Gasteiger partial charge in [-0.15, -0.1) is 0 Å². The number of hydrogen-bond acceptors (Lipinski definition) is 2. The van der Waals surface area contributed by atoms with Gasteiger partial charge >= 0.3 is 11.9 Å². The van der Waals surface area contributed by atoms with Crippen LogP contribution in [0.25, 0.3) is 0 Å². The van der Waals surface area contributed by atoms with Crippen LogP contribution in [-0.2, 0) is 26.7 Å². The van der Waals surface area contributed by atoms with Gasteiger partial charge in [0.1, 0.15) is 11.8 Å². The second-order valence-electron chi connectivity index (χ2n) is 7.19. The number of benzene rings is 4. The van der Waals surface area contributed by atoms with Gasteiger partial charge in [-0.25, -0.2) is 0 Å². The molecule has 0 heterocycles. The number of carboxylic acid groups (broad SMARTS) is 2. The Hall–Kier alpha value is -3.66. The van der Waals surface area contributed by atoms with E-state index in [9.17, 15) is 19.8 Å². The molecule has 4 nitrogen and oxygen atoms in total. The van der Waals surface area contributed by atoms with Crippen LogP contribution in [0, 0.1) is 0 Å². The second kappa shape index (κ2) is 13.0. The summed E-state index contributed by atoms with van der Waals surface area (Å²) in [5.74, 6) is -2.81. The molecule has 0 amide bonds. The van der Waals surface area contributed by atoms with Gasteiger partial charge in [0, 0.05) is 17.1 Å². The number of carboxylic acids is 2. The van der Waals surface area contributed by atoms with Crippen molar-refractivity contribution in [3.05, 3.63) is 144 Å². The predicted octanol–water partition coefficient (Wildman–Crippen LogP) is 5.80. The van der Waals surface area contributed by atoms with E-state index in [4.69, 9.17) is 0 Å². The summed E-state index contributed by atoms with van der Waals surface area (Å²) in [5, 5.41) is 18.6. The normalized spacial score (nSPS) is 10.0. The zero-order valence-electron chi connectivity index (χ0n) is 17.7. The third-order valence-electron chi connectivity index (χ3n) is 5.03. The van der Waals surface area contributed by atoms with Crippen molar-refractivity contribution in [2.45, 2.75) is 11.8 Å². The van der Waals surface area contributed by atoms with E-state index in [0.717, 1.165) is 22.3 Å². The molecular formula is C28H24CuO4. The molecule has 0 fully saturated rings. The van der Waals surface area contributed by atoms with E-state index >= 15 is 0 Å². The van der Waals surface area contributed by atoms with Crippen molar-refractivity contribution in [2.75, 3.05) is 0 Å². The molecule has 0 saturated carbocycles. The van der Waals surface area contributed by atoms with Crippen molar-refractivity contribution >= 4 is 11.9 Å². The fraction of sp³-hybridized carbons (Fsp3) is 0.0714. The van der Waals surface area contributed by atoms with Gasteiger partial charge in [-0.1, -0.05) is 121 Å². The molecule has 2 N–H and O–H groups in total. The first kappa shape index (κ1) is 25.6. The average molecular weight is 488 g/mol. The molecule has 0 bridgehead atoms. The van der Waals surface area contributed by atoms with Crippen LogP contribution in [0.2, 0.25) is 0 Å². The van der Waals surface area contributed by atoms with Crippen LogP contribution in [-0.4, -0.2) is 22.2 Å². The molecule has 0 aliphatic rings. The van der Waals surface area contributed by atoms with Gasteiger partial charge in [-0.05, 0) is 22.3 Å². The summed E-state index contributed by atoms with van der Waals surface area (Å²) in [5.41, 5.74) is 3.23. The van der Waals surface area contributed by atoms with Crippen LogP contribution in [0.5, 0.6) is 0 Å². The number of hydrogen-bond donors (Lipinski definition) is 2. The average Bonchev–Trinajstić information content (AvgIpc) is 2.82. The third-order valence-corrected chi connectivity index (χ3v) is 5.03. The molecule has 0 aliphatic carbocycles. The summed E-state index contributed by atoms with van der Waals surface area (Å²) in [6, 6.07) is 37.1. The van der Waals surface area contributed by atoms with E-state index in [1.807, 2.05) is 121 Å². The Bertz CT molecular complexity index is 946. The molecule has 0 atom stereocenters. The second-order valence-corrected chi connectivity index (χ2v) is 7.19. The Morgan fingerprint density at radius 2 is 0.606 bits per heavy atom. The van der Waals surface area contributed by atoms with Crippen LogP contribution < -0.4 is 0 Å². The minimum atomic E-state index is -0.822. The standard InChI is InChI=1S/2C14H12O2.Cu/c2*15-14(16)13(11-7-3-1-4-8-11)12-9-5-2-6-10-12;/h2*1-10,13H,(H,15,16);. The van der Waals surface area contributed by atoms with Gasteiger partial charge < -0.3 is 10.2 Å². The Kier molecular flexibility index (Phi) is 10.1. The Morgan fingerprint density at radius 1 is 0.424 bits per heavy atom. The minimum Gasteiger partial charge on any atom is -0.481 e. The topological polar surface area (TPSA) is 74.6 Å². The van der Waals surface area contributed by atoms with Gasteiger partial charge in [-0.3, -0.25) is 9.59 Å². The number of carbonyl (C=O) groups is 2. The van der Waals surface area contributed by atoms with Gasteiger partial charge in [-0.2, -0.15) is 0 Å². The first-order valence-corrected chi connectivity index (χ1v) is 10.2. The maximum atomic E-state index is 11.3. The maximum Gasteiger partial charge on any atom is 0.315 e.